The summed E-state index contributed by atoms with van der Waals surface area (Å²) in [5.74, 6) is -0.843. The maximum atomic E-state index is 11.3. The van der Waals surface area contributed by atoms with E-state index < -0.39 is 5.97 Å². The molecule has 118 valence electrons. The predicted molar refractivity (Wildman–Crippen MR) is 94.3 cm³/mol. The summed E-state index contributed by atoms with van der Waals surface area (Å²) in [5.41, 5.74) is 6.84. The van der Waals surface area contributed by atoms with Crippen molar-refractivity contribution in [1.29, 1.82) is 0 Å². The lowest BCUT2D eigenvalue weighted by Crippen LogP contribution is -2.01. The standard InChI is InChI=1S/C19H18ClNO2/c1-10-4-5-13(11(2)8-10)19-15(9-17(22)23)14-6-7-16(20)12(3)18(14)21-19/h4-8,21H,9H2,1-3H3,(H,22,23). The summed E-state index contributed by atoms with van der Waals surface area (Å²) < 4.78 is 0. The number of carbonyl (C=O) groups is 1. The molecule has 4 heteroatoms. The van der Waals surface area contributed by atoms with Crippen molar-refractivity contribution in [3.05, 3.63) is 57.6 Å². The molecular formula is C19H18ClNO2. The van der Waals surface area contributed by atoms with Gasteiger partial charge < -0.3 is 10.1 Å². The van der Waals surface area contributed by atoms with Crippen LogP contribution in [0.1, 0.15) is 22.3 Å². The van der Waals surface area contributed by atoms with Crippen molar-refractivity contribution in [1.82, 2.24) is 4.98 Å². The van der Waals surface area contributed by atoms with E-state index in [9.17, 15) is 9.90 Å². The highest BCUT2D eigenvalue weighted by Gasteiger charge is 2.18. The second kappa shape index (κ2) is 5.74. The molecule has 0 saturated carbocycles. The van der Waals surface area contributed by atoms with E-state index in [1.54, 1.807) is 0 Å². The van der Waals surface area contributed by atoms with E-state index in [1.165, 1.54) is 5.56 Å². The fourth-order valence-electron chi connectivity index (χ4n) is 3.09. The average Bonchev–Trinajstić information content (AvgIpc) is 2.82. The molecule has 0 radical (unpaired) electrons. The maximum Gasteiger partial charge on any atom is 0.307 e. The number of aromatic nitrogens is 1. The number of H-pyrrole nitrogens is 1. The van der Waals surface area contributed by atoms with Crippen molar-refractivity contribution in [3.8, 4) is 11.3 Å². The normalized spacial score (nSPS) is 11.1. The van der Waals surface area contributed by atoms with Gasteiger partial charge in [-0.05, 0) is 43.5 Å². The highest BCUT2D eigenvalue weighted by molar-refractivity contribution is 6.32. The van der Waals surface area contributed by atoms with Gasteiger partial charge in [-0.15, -0.1) is 0 Å². The fourth-order valence-corrected chi connectivity index (χ4v) is 3.25. The van der Waals surface area contributed by atoms with Crippen molar-refractivity contribution in [2.45, 2.75) is 27.2 Å². The summed E-state index contributed by atoms with van der Waals surface area (Å²) in [5, 5.41) is 10.9. The second-order valence-corrected chi connectivity index (χ2v) is 6.37. The SMILES string of the molecule is Cc1ccc(-c2[nH]c3c(C)c(Cl)ccc3c2CC(=O)O)c(C)c1. The van der Waals surface area contributed by atoms with Gasteiger partial charge in [-0.25, -0.2) is 0 Å². The zero-order chi connectivity index (χ0) is 16.7. The molecule has 0 bridgehead atoms. The number of rotatable bonds is 3. The van der Waals surface area contributed by atoms with E-state index in [4.69, 9.17) is 11.6 Å². The third kappa shape index (κ3) is 2.73. The number of benzene rings is 2. The summed E-state index contributed by atoms with van der Waals surface area (Å²) in [6.45, 7) is 6.03. The van der Waals surface area contributed by atoms with Crippen molar-refractivity contribution >= 4 is 28.5 Å². The van der Waals surface area contributed by atoms with Crippen LogP contribution in [-0.2, 0) is 11.2 Å². The zero-order valence-corrected chi connectivity index (χ0v) is 14.1. The molecule has 0 aliphatic heterocycles. The Morgan fingerprint density at radius 1 is 1.17 bits per heavy atom. The number of aromatic amines is 1. The van der Waals surface area contributed by atoms with Gasteiger partial charge in [-0.2, -0.15) is 0 Å². The molecule has 0 aliphatic rings. The number of fused-ring (bicyclic) bond motifs is 1. The molecule has 0 unspecified atom stereocenters. The van der Waals surface area contributed by atoms with E-state index in [1.807, 2.05) is 45.0 Å². The van der Waals surface area contributed by atoms with Crippen LogP contribution in [0.5, 0.6) is 0 Å². The first kappa shape index (κ1) is 15.6. The summed E-state index contributed by atoms with van der Waals surface area (Å²) in [6, 6.07) is 9.90. The Hall–Kier alpha value is -2.26. The first-order chi connectivity index (χ1) is 10.9. The number of hydrogen-bond donors (Lipinski definition) is 2. The van der Waals surface area contributed by atoms with Crippen LogP contribution in [0.2, 0.25) is 5.02 Å². The molecule has 0 amide bonds. The maximum absolute atomic E-state index is 11.3. The molecule has 2 N–H and O–H groups in total. The third-order valence-corrected chi connectivity index (χ3v) is 4.66. The molecule has 0 aliphatic carbocycles. The molecule has 1 heterocycles. The number of aliphatic carboxylic acids is 1. The van der Waals surface area contributed by atoms with Crippen LogP contribution in [0, 0.1) is 20.8 Å². The minimum absolute atomic E-state index is 0.0241. The van der Waals surface area contributed by atoms with Crippen molar-refractivity contribution < 1.29 is 9.90 Å². The van der Waals surface area contributed by atoms with Gasteiger partial charge in [-0.3, -0.25) is 4.79 Å². The fraction of sp³-hybridized carbons (Fsp3) is 0.211. The van der Waals surface area contributed by atoms with Gasteiger partial charge in [0.25, 0.3) is 0 Å². The number of hydrogen-bond acceptors (Lipinski definition) is 1. The Kier molecular flexibility index (Phi) is 3.90. The van der Waals surface area contributed by atoms with Crippen LogP contribution >= 0.6 is 11.6 Å². The van der Waals surface area contributed by atoms with E-state index in [0.717, 1.165) is 38.9 Å². The van der Waals surface area contributed by atoms with Gasteiger partial charge in [0.15, 0.2) is 0 Å². The summed E-state index contributed by atoms with van der Waals surface area (Å²) >= 11 is 6.22. The molecule has 23 heavy (non-hydrogen) atoms. The molecule has 2 aromatic carbocycles. The Bertz CT molecular complexity index is 925. The van der Waals surface area contributed by atoms with E-state index in [-0.39, 0.29) is 6.42 Å². The van der Waals surface area contributed by atoms with E-state index in [0.29, 0.717) is 5.02 Å². The van der Waals surface area contributed by atoms with Crippen molar-refractivity contribution in [2.75, 3.05) is 0 Å². The highest BCUT2D eigenvalue weighted by atomic mass is 35.5. The van der Waals surface area contributed by atoms with Crippen LogP contribution in [-0.4, -0.2) is 16.1 Å². The molecule has 0 fully saturated rings. The first-order valence-electron chi connectivity index (χ1n) is 7.47. The molecule has 0 atom stereocenters. The molecule has 0 spiro atoms. The van der Waals surface area contributed by atoms with Crippen LogP contribution in [0.4, 0.5) is 0 Å². The van der Waals surface area contributed by atoms with Crippen molar-refractivity contribution in [3.63, 3.8) is 0 Å². The molecule has 3 rings (SSSR count). The summed E-state index contributed by atoms with van der Waals surface area (Å²) in [6.07, 6.45) is -0.0241. The van der Waals surface area contributed by atoms with Gasteiger partial charge in [0, 0.05) is 16.0 Å². The lowest BCUT2D eigenvalue weighted by Gasteiger charge is -2.08. The lowest BCUT2D eigenvalue weighted by molar-refractivity contribution is -0.136. The largest absolute Gasteiger partial charge is 0.481 e. The van der Waals surface area contributed by atoms with Gasteiger partial charge in [0.05, 0.1) is 17.6 Å². The Morgan fingerprint density at radius 3 is 2.57 bits per heavy atom. The second-order valence-electron chi connectivity index (χ2n) is 5.96. The topological polar surface area (TPSA) is 53.1 Å². The number of carboxylic acids is 1. The summed E-state index contributed by atoms with van der Waals surface area (Å²) in [7, 11) is 0. The average molecular weight is 328 g/mol. The van der Waals surface area contributed by atoms with Gasteiger partial charge >= 0.3 is 5.97 Å². The quantitative estimate of drug-likeness (QED) is 0.708. The van der Waals surface area contributed by atoms with Gasteiger partial charge in [0.1, 0.15) is 0 Å². The minimum atomic E-state index is -0.843. The van der Waals surface area contributed by atoms with Crippen LogP contribution < -0.4 is 0 Å². The Balaban J connectivity index is 2.34. The molecular weight excluding hydrogens is 310 g/mol. The number of halogens is 1. The Morgan fingerprint density at radius 2 is 1.91 bits per heavy atom. The molecule has 3 aromatic rings. The predicted octanol–water partition coefficient (Wildman–Crippen LogP) is 5.04. The highest BCUT2D eigenvalue weighted by Crippen LogP contribution is 2.36. The van der Waals surface area contributed by atoms with Crippen molar-refractivity contribution in [2.24, 2.45) is 0 Å². The smallest absolute Gasteiger partial charge is 0.307 e. The third-order valence-electron chi connectivity index (χ3n) is 4.26. The van der Waals surface area contributed by atoms with Gasteiger partial charge in [0.2, 0.25) is 0 Å². The lowest BCUT2D eigenvalue weighted by atomic mass is 9.98. The van der Waals surface area contributed by atoms with Crippen LogP contribution in [0.25, 0.3) is 22.2 Å². The zero-order valence-electron chi connectivity index (χ0n) is 13.3. The molecule has 3 nitrogen and oxygen atoms in total. The molecule has 0 saturated heterocycles. The molecule has 1 aromatic heterocycles. The van der Waals surface area contributed by atoms with Gasteiger partial charge in [-0.1, -0.05) is 41.4 Å². The first-order valence-corrected chi connectivity index (χ1v) is 7.85. The van der Waals surface area contributed by atoms with Crippen LogP contribution in [0.15, 0.2) is 30.3 Å². The Labute approximate surface area is 139 Å². The number of aryl methyl sites for hydroxylation is 3. The van der Waals surface area contributed by atoms with E-state index >= 15 is 0 Å². The van der Waals surface area contributed by atoms with Crippen LogP contribution in [0.3, 0.4) is 0 Å². The van der Waals surface area contributed by atoms with E-state index in [2.05, 4.69) is 11.1 Å². The monoisotopic (exact) mass is 327 g/mol. The number of carboxylic acid groups (broad SMARTS) is 1. The summed E-state index contributed by atoms with van der Waals surface area (Å²) in [4.78, 5) is 14.8. The minimum Gasteiger partial charge on any atom is -0.481 e. The number of nitrogens with one attached hydrogen (secondary N) is 1.